The number of para-hydroxylation sites is 1. The second-order valence-electron chi connectivity index (χ2n) is 6.47. The summed E-state index contributed by atoms with van der Waals surface area (Å²) in [5.41, 5.74) is 3.60. The molecule has 0 unspecified atom stereocenters. The van der Waals surface area contributed by atoms with Gasteiger partial charge < -0.3 is 14.5 Å². The van der Waals surface area contributed by atoms with E-state index in [0.29, 0.717) is 12.8 Å². The maximum atomic E-state index is 13.3. The second-order valence-corrected chi connectivity index (χ2v) is 6.47. The Morgan fingerprint density at radius 2 is 1.96 bits per heavy atom. The van der Waals surface area contributed by atoms with Crippen molar-refractivity contribution in [2.24, 2.45) is 0 Å². The topological polar surface area (TPSA) is 68.4 Å². The Labute approximate surface area is 155 Å². The molecule has 1 fully saturated rings. The van der Waals surface area contributed by atoms with Gasteiger partial charge in [0.25, 0.3) is 0 Å². The van der Waals surface area contributed by atoms with Crippen LogP contribution < -0.4 is 0 Å². The smallest absolute Gasteiger partial charge is 0.347 e. The van der Waals surface area contributed by atoms with Crippen LogP contribution in [0.3, 0.4) is 0 Å². The van der Waals surface area contributed by atoms with Gasteiger partial charge in [-0.15, -0.1) is 0 Å². The molecule has 1 aliphatic heterocycles. The molecule has 3 aromatic rings. The molecule has 0 amide bonds. The number of rotatable bonds is 5. The van der Waals surface area contributed by atoms with E-state index in [4.69, 9.17) is 9.47 Å². The number of aromatic nitrogens is 1. The van der Waals surface area contributed by atoms with E-state index in [-0.39, 0.29) is 18.8 Å². The summed E-state index contributed by atoms with van der Waals surface area (Å²) in [4.78, 5) is 27.0. The van der Waals surface area contributed by atoms with Gasteiger partial charge in [0.15, 0.2) is 0 Å². The molecule has 6 heteroatoms. The first-order valence-corrected chi connectivity index (χ1v) is 8.83. The SMILES string of the molecule is O=C(CCc1c(-c2ccc(F)cc2)[nH]c2ccccc12)O[C@@H]1CCOC1=O. The van der Waals surface area contributed by atoms with Crippen molar-refractivity contribution in [1.82, 2.24) is 4.98 Å². The standard InChI is InChI=1S/C21H18FNO4/c22-14-7-5-13(6-8-14)20-16(15-3-1-2-4-17(15)23-20)9-10-19(24)27-18-11-12-26-21(18)25/h1-8,18,23H,9-12H2/t18-/m1/s1. The van der Waals surface area contributed by atoms with Gasteiger partial charge in [0.2, 0.25) is 6.10 Å². The van der Waals surface area contributed by atoms with E-state index in [9.17, 15) is 14.0 Å². The molecule has 5 nitrogen and oxygen atoms in total. The van der Waals surface area contributed by atoms with E-state index in [1.165, 1.54) is 12.1 Å². The Hall–Kier alpha value is -3.15. The molecule has 1 N–H and O–H groups in total. The molecule has 1 aliphatic rings. The third-order valence-electron chi connectivity index (χ3n) is 4.69. The minimum atomic E-state index is -0.794. The number of esters is 2. The fourth-order valence-electron chi connectivity index (χ4n) is 3.35. The van der Waals surface area contributed by atoms with Gasteiger partial charge in [-0.25, -0.2) is 9.18 Å². The van der Waals surface area contributed by atoms with Crippen molar-refractivity contribution in [3.05, 3.63) is 59.9 Å². The highest BCUT2D eigenvalue weighted by molar-refractivity contribution is 5.91. The van der Waals surface area contributed by atoms with Crippen molar-refractivity contribution < 1.29 is 23.5 Å². The van der Waals surface area contributed by atoms with Crippen molar-refractivity contribution in [1.29, 1.82) is 0 Å². The molecule has 0 aliphatic carbocycles. The molecular weight excluding hydrogens is 349 g/mol. The Bertz CT molecular complexity index is 993. The average molecular weight is 367 g/mol. The summed E-state index contributed by atoms with van der Waals surface area (Å²) < 4.78 is 23.3. The van der Waals surface area contributed by atoms with Crippen LogP contribution in [0.5, 0.6) is 0 Å². The van der Waals surface area contributed by atoms with Gasteiger partial charge in [0.1, 0.15) is 5.82 Å². The van der Waals surface area contributed by atoms with Crippen LogP contribution in [0.25, 0.3) is 22.2 Å². The molecule has 0 radical (unpaired) electrons. The van der Waals surface area contributed by atoms with Crippen molar-refractivity contribution >= 4 is 22.8 Å². The van der Waals surface area contributed by atoms with Crippen LogP contribution >= 0.6 is 0 Å². The quantitative estimate of drug-likeness (QED) is 0.697. The number of halogens is 1. The zero-order valence-corrected chi connectivity index (χ0v) is 14.5. The average Bonchev–Trinajstić information content (AvgIpc) is 3.24. The number of hydrogen-bond acceptors (Lipinski definition) is 4. The van der Waals surface area contributed by atoms with E-state index in [2.05, 4.69) is 4.98 Å². The maximum absolute atomic E-state index is 13.3. The number of H-pyrrole nitrogens is 1. The number of carbonyl (C=O) groups excluding carboxylic acids is 2. The van der Waals surface area contributed by atoms with Crippen molar-refractivity contribution in [3.63, 3.8) is 0 Å². The number of fused-ring (bicyclic) bond motifs is 1. The van der Waals surface area contributed by atoms with E-state index in [1.807, 2.05) is 24.3 Å². The van der Waals surface area contributed by atoms with Gasteiger partial charge in [0, 0.05) is 29.4 Å². The Kier molecular flexibility index (Phi) is 4.62. The predicted molar refractivity (Wildman–Crippen MR) is 97.5 cm³/mol. The zero-order valence-electron chi connectivity index (χ0n) is 14.5. The van der Waals surface area contributed by atoms with Gasteiger partial charge in [-0.3, -0.25) is 4.79 Å². The molecule has 1 atom stereocenters. The lowest BCUT2D eigenvalue weighted by molar-refractivity contribution is -0.160. The van der Waals surface area contributed by atoms with Crippen LogP contribution in [0, 0.1) is 5.82 Å². The maximum Gasteiger partial charge on any atom is 0.347 e. The van der Waals surface area contributed by atoms with Crippen molar-refractivity contribution in [2.45, 2.75) is 25.4 Å². The van der Waals surface area contributed by atoms with Crippen LogP contribution in [0.15, 0.2) is 48.5 Å². The molecule has 138 valence electrons. The summed E-state index contributed by atoms with van der Waals surface area (Å²) >= 11 is 0. The normalized spacial score (nSPS) is 16.5. The van der Waals surface area contributed by atoms with E-state index < -0.39 is 18.0 Å². The molecule has 0 saturated carbocycles. The van der Waals surface area contributed by atoms with Crippen molar-refractivity contribution in [2.75, 3.05) is 6.61 Å². The van der Waals surface area contributed by atoms with Crippen LogP contribution in [0.2, 0.25) is 0 Å². The number of benzene rings is 2. The summed E-state index contributed by atoms with van der Waals surface area (Å²) in [7, 11) is 0. The molecule has 4 rings (SSSR count). The van der Waals surface area contributed by atoms with E-state index in [0.717, 1.165) is 27.7 Å². The summed E-state index contributed by atoms with van der Waals surface area (Å²) in [6.45, 7) is 0.286. The van der Waals surface area contributed by atoms with Crippen LogP contribution in [0.1, 0.15) is 18.4 Å². The van der Waals surface area contributed by atoms with Crippen LogP contribution in [0.4, 0.5) is 4.39 Å². The fraction of sp³-hybridized carbons (Fsp3) is 0.238. The molecule has 0 spiro atoms. The summed E-state index contributed by atoms with van der Waals surface area (Å²) in [5, 5.41) is 1.00. The molecule has 1 saturated heterocycles. The Morgan fingerprint density at radius 1 is 1.19 bits per heavy atom. The molecule has 27 heavy (non-hydrogen) atoms. The largest absolute Gasteiger partial charge is 0.463 e. The van der Waals surface area contributed by atoms with Crippen molar-refractivity contribution in [3.8, 4) is 11.3 Å². The zero-order chi connectivity index (χ0) is 18.8. The number of ether oxygens (including phenoxy) is 2. The predicted octanol–water partition coefficient (Wildman–Crippen LogP) is 3.77. The molecule has 2 aromatic carbocycles. The molecule has 2 heterocycles. The number of cyclic esters (lactones) is 1. The van der Waals surface area contributed by atoms with Crippen LogP contribution in [-0.2, 0) is 25.5 Å². The first kappa shape index (κ1) is 17.3. The first-order valence-electron chi connectivity index (χ1n) is 8.83. The van der Waals surface area contributed by atoms with Gasteiger partial charge >= 0.3 is 11.9 Å². The molecular formula is C21H18FNO4. The lowest BCUT2D eigenvalue weighted by Gasteiger charge is -2.09. The molecule has 1 aromatic heterocycles. The highest BCUT2D eigenvalue weighted by Gasteiger charge is 2.30. The third kappa shape index (κ3) is 3.56. The second kappa shape index (κ2) is 7.23. The number of aryl methyl sites for hydroxylation is 1. The van der Waals surface area contributed by atoms with Gasteiger partial charge in [-0.05, 0) is 47.9 Å². The minimum Gasteiger partial charge on any atom is -0.463 e. The van der Waals surface area contributed by atoms with Gasteiger partial charge in [-0.2, -0.15) is 0 Å². The lowest BCUT2D eigenvalue weighted by Crippen LogP contribution is -2.22. The monoisotopic (exact) mass is 367 g/mol. The summed E-state index contributed by atoms with van der Waals surface area (Å²) in [6.07, 6.45) is 0.187. The van der Waals surface area contributed by atoms with E-state index in [1.54, 1.807) is 12.1 Å². The fourth-order valence-corrected chi connectivity index (χ4v) is 3.35. The third-order valence-corrected chi connectivity index (χ3v) is 4.69. The van der Waals surface area contributed by atoms with Crippen LogP contribution in [-0.4, -0.2) is 29.6 Å². The summed E-state index contributed by atoms with van der Waals surface area (Å²) in [5.74, 6) is -1.22. The summed E-state index contributed by atoms with van der Waals surface area (Å²) in [6, 6.07) is 14.0. The highest BCUT2D eigenvalue weighted by Crippen LogP contribution is 2.31. The number of hydrogen-bond donors (Lipinski definition) is 1. The Morgan fingerprint density at radius 3 is 2.70 bits per heavy atom. The van der Waals surface area contributed by atoms with Gasteiger partial charge in [-0.1, -0.05) is 18.2 Å². The highest BCUT2D eigenvalue weighted by atomic mass is 19.1. The minimum absolute atomic E-state index is 0.139. The number of nitrogens with one attached hydrogen (secondary N) is 1. The van der Waals surface area contributed by atoms with Gasteiger partial charge in [0.05, 0.1) is 6.61 Å². The number of aromatic amines is 1. The molecule has 0 bridgehead atoms. The lowest BCUT2D eigenvalue weighted by atomic mass is 10.0. The first-order chi connectivity index (χ1) is 13.1. The Balaban J connectivity index is 1.58. The van der Waals surface area contributed by atoms with E-state index >= 15 is 0 Å². The number of carbonyl (C=O) groups is 2.